The van der Waals surface area contributed by atoms with E-state index < -0.39 is 0 Å². The normalized spacial score (nSPS) is 13.4. The predicted molar refractivity (Wildman–Crippen MR) is 96.5 cm³/mol. The first-order chi connectivity index (χ1) is 9.99. The molecule has 3 nitrogen and oxygen atoms in total. The highest BCUT2D eigenvalue weighted by Gasteiger charge is 2.21. The number of carbonyl (C=O) groups is 1. The molecule has 0 bridgehead atoms. The Bertz CT molecular complexity index is 431. The van der Waals surface area contributed by atoms with Crippen molar-refractivity contribution in [3.8, 4) is 0 Å². The van der Waals surface area contributed by atoms with Crippen molar-refractivity contribution >= 4 is 18.3 Å². The second-order valence-corrected chi connectivity index (χ2v) is 6.18. The van der Waals surface area contributed by atoms with Crippen LogP contribution in [-0.2, 0) is 11.2 Å². The van der Waals surface area contributed by atoms with Crippen LogP contribution in [0.15, 0.2) is 24.3 Å². The van der Waals surface area contributed by atoms with Crippen molar-refractivity contribution in [2.75, 3.05) is 13.6 Å². The van der Waals surface area contributed by atoms with Gasteiger partial charge < -0.3 is 10.6 Å². The van der Waals surface area contributed by atoms with Gasteiger partial charge in [0, 0.05) is 12.5 Å². The third-order valence-electron chi connectivity index (χ3n) is 3.80. The molecular weight excluding hydrogens is 296 g/mol. The van der Waals surface area contributed by atoms with Crippen molar-refractivity contribution in [3.63, 3.8) is 0 Å². The summed E-state index contributed by atoms with van der Waals surface area (Å²) in [5.74, 6) is 0.462. The Morgan fingerprint density at radius 1 is 1.14 bits per heavy atom. The Hall–Kier alpha value is -1.06. The van der Waals surface area contributed by atoms with Gasteiger partial charge in [-0.2, -0.15) is 0 Å². The monoisotopic (exact) mass is 326 g/mol. The van der Waals surface area contributed by atoms with Gasteiger partial charge in [0.25, 0.3) is 0 Å². The molecule has 4 heteroatoms. The fraction of sp³-hybridized carbons (Fsp3) is 0.611. The Morgan fingerprint density at radius 2 is 1.73 bits per heavy atom. The van der Waals surface area contributed by atoms with E-state index in [0.717, 1.165) is 12.8 Å². The highest BCUT2D eigenvalue weighted by atomic mass is 35.5. The van der Waals surface area contributed by atoms with Crippen LogP contribution >= 0.6 is 12.4 Å². The SMILES string of the molecule is CCCc1ccc(C(NC(=O)C(C)CNC)C(C)C)cc1.Cl. The molecule has 0 heterocycles. The van der Waals surface area contributed by atoms with Crippen LogP contribution in [0.2, 0.25) is 0 Å². The van der Waals surface area contributed by atoms with Crippen LogP contribution in [0.1, 0.15) is 51.3 Å². The molecule has 0 spiro atoms. The maximum atomic E-state index is 12.2. The lowest BCUT2D eigenvalue weighted by Gasteiger charge is -2.25. The first-order valence-corrected chi connectivity index (χ1v) is 8.03. The molecule has 2 N–H and O–H groups in total. The molecule has 0 aliphatic heterocycles. The number of rotatable bonds is 8. The van der Waals surface area contributed by atoms with Gasteiger partial charge in [-0.05, 0) is 30.5 Å². The van der Waals surface area contributed by atoms with Gasteiger partial charge in [0.2, 0.25) is 5.91 Å². The van der Waals surface area contributed by atoms with Crippen LogP contribution < -0.4 is 10.6 Å². The van der Waals surface area contributed by atoms with E-state index in [4.69, 9.17) is 0 Å². The van der Waals surface area contributed by atoms with E-state index in [1.54, 1.807) is 0 Å². The Morgan fingerprint density at radius 3 is 2.18 bits per heavy atom. The van der Waals surface area contributed by atoms with Crippen LogP contribution in [0.5, 0.6) is 0 Å². The first kappa shape index (κ1) is 20.9. The first-order valence-electron chi connectivity index (χ1n) is 8.03. The maximum absolute atomic E-state index is 12.2. The number of halogens is 1. The topological polar surface area (TPSA) is 41.1 Å². The molecule has 1 aromatic rings. The molecule has 1 amide bonds. The van der Waals surface area contributed by atoms with Gasteiger partial charge in [-0.3, -0.25) is 4.79 Å². The molecule has 22 heavy (non-hydrogen) atoms. The molecule has 0 aliphatic rings. The lowest BCUT2D eigenvalue weighted by molar-refractivity contribution is -0.125. The molecule has 0 fully saturated rings. The standard InChI is InChI=1S/C18H30N2O.ClH/c1-6-7-15-8-10-16(11-9-15)17(13(2)3)20-18(21)14(4)12-19-5;/h8-11,13-14,17,19H,6-7,12H2,1-5H3,(H,20,21);1H. The minimum absolute atomic E-state index is 0. The van der Waals surface area contributed by atoms with Crippen molar-refractivity contribution in [2.24, 2.45) is 11.8 Å². The summed E-state index contributed by atoms with van der Waals surface area (Å²) >= 11 is 0. The van der Waals surface area contributed by atoms with Crippen LogP contribution in [0.3, 0.4) is 0 Å². The number of aryl methyl sites for hydroxylation is 1. The molecule has 1 aromatic carbocycles. The molecular formula is C18H31ClN2O. The van der Waals surface area contributed by atoms with Crippen molar-refractivity contribution < 1.29 is 4.79 Å². The average Bonchev–Trinajstić information content (AvgIpc) is 2.46. The lowest BCUT2D eigenvalue weighted by Crippen LogP contribution is -2.38. The summed E-state index contributed by atoms with van der Waals surface area (Å²) in [5.41, 5.74) is 2.55. The number of hydrogen-bond donors (Lipinski definition) is 2. The van der Waals surface area contributed by atoms with Gasteiger partial charge in [0.1, 0.15) is 0 Å². The predicted octanol–water partition coefficient (Wildman–Crippen LogP) is 3.73. The summed E-state index contributed by atoms with van der Waals surface area (Å²) in [4.78, 5) is 12.2. The second-order valence-electron chi connectivity index (χ2n) is 6.18. The molecule has 1 rings (SSSR count). The summed E-state index contributed by atoms with van der Waals surface area (Å²) in [6.45, 7) is 9.13. The number of carbonyl (C=O) groups excluding carboxylic acids is 1. The van der Waals surface area contributed by atoms with E-state index >= 15 is 0 Å². The number of amides is 1. The van der Waals surface area contributed by atoms with Crippen LogP contribution in [-0.4, -0.2) is 19.5 Å². The maximum Gasteiger partial charge on any atom is 0.224 e. The number of benzene rings is 1. The molecule has 0 saturated carbocycles. The third kappa shape index (κ3) is 6.37. The Kier molecular flexibility index (Phi) is 10.1. The highest BCUT2D eigenvalue weighted by Crippen LogP contribution is 2.23. The third-order valence-corrected chi connectivity index (χ3v) is 3.80. The minimum atomic E-state index is -0.0179. The van der Waals surface area contributed by atoms with Gasteiger partial charge in [-0.15, -0.1) is 12.4 Å². The lowest BCUT2D eigenvalue weighted by atomic mass is 9.94. The van der Waals surface area contributed by atoms with Crippen molar-refractivity contribution in [2.45, 2.75) is 46.6 Å². The van der Waals surface area contributed by atoms with E-state index in [0.29, 0.717) is 12.5 Å². The van der Waals surface area contributed by atoms with Crippen LogP contribution in [0.4, 0.5) is 0 Å². The molecule has 0 radical (unpaired) electrons. The quantitative estimate of drug-likeness (QED) is 0.764. The highest BCUT2D eigenvalue weighted by molar-refractivity contribution is 5.85. The smallest absolute Gasteiger partial charge is 0.224 e. The van der Waals surface area contributed by atoms with Gasteiger partial charge in [0.05, 0.1) is 6.04 Å². The van der Waals surface area contributed by atoms with Crippen LogP contribution in [0.25, 0.3) is 0 Å². The molecule has 0 saturated heterocycles. The van der Waals surface area contributed by atoms with E-state index in [1.807, 2.05) is 14.0 Å². The summed E-state index contributed by atoms with van der Waals surface area (Å²) in [6, 6.07) is 8.74. The van der Waals surface area contributed by atoms with Crippen LogP contribution in [0, 0.1) is 11.8 Å². The number of nitrogens with one attached hydrogen (secondary N) is 2. The fourth-order valence-corrected chi connectivity index (χ4v) is 2.51. The fourth-order valence-electron chi connectivity index (χ4n) is 2.51. The Labute approximate surface area is 141 Å². The van der Waals surface area contributed by atoms with Crippen molar-refractivity contribution in [1.82, 2.24) is 10.6 Å². The largest absolute Gasteiger partial charge is 0.349 e. The Balaban J connectivity index is 0.00000441. The summed E-state index contributed by atoms with van der Waals surface area (Å²) in [7, 11) is 1.87. The molecule has 0 aliphatic carbocycles. The van der Waals surface area contributed by atoms with E-state index in [9.17, 15) is 4.79 Å². The van der Waals surface area contributed by atoms with Crippen molar-refractivity contribution in [1.29, 1.82) is 0 Å². The average molecular weight is 327 g/mol. The molecule has 0 aromatic heterocycles. The molecule has 126 valence electrons. The zero-order valence-electron chi connectivity index (χ0n) is 14.5. The molecule has 2 unspecified atom stereocenters. The van der Waals surface area contributed by atoms with Crippen molar-refractivity contribution in [3.05, 3.63) is 35.4 Å². The summed E-state index contributed by atoms with van der Waals surface area (Å²) < 4.78 is 0. The van der Waals surface area contributed by atoms with Gasteiger partial charge in [-0.25, -0.2) is 0 Å². The molecule has 2 atom stereocenters. The van der Waals surface area contributed by atoms with E-state index in [1.165, 1.54) is 11.1 Å². The summed E-state index contributed by atoms with van der Waals surface area (Å²) in [6.07, 6.45) is 2.27. The summed E-state index contributed by atoms with van der Waals surface area (Å²) in [5, 5.41) is 6.24. The van der Waals surface area contributed by atoms with Gasteiger partial charge >= 0.3 is 0 Å². The zero-order valence-corrected chi connectivity index (χ0v) is 15.3. The van der Waals surface area contributed by atoms with Gasteiger partial charge in [-0.1, -0.05) is 58.4 Å². The van der Waals surface area contributed by atoms with E-state index in [2.05, 4.69) is 55.7 Å². The number of hydrogen-bond acceptors (Lipinski definition) is 2. The van der Waals surface area contributed by atoms with E-state index in [-0.39, 0.29) is 30.3 Å². The minimum Gasteiger partial charge on any atom is -0.349 e. The van der Waals surface area contributed by atoms with Gasteiger partial charge in [0.15, 0.2) is 0 Å². The second kappa shape index (κ2) is 10.6. The zero-order chi connectivity index (χ0) is 15.8.